The third kappa shape index (κ3) is 2.98. The summed E-state index contributed by atoms with van der Waals surface area (Å²) in [6, 6.07) is 7.22. The first-order valence-corrected chi connectivity index (χ1v) is 8.02. The molecule has 0 saturated heterocycles. The molecule has 2 aromatic carbocycles. The highest BCUT2D eigenvalue weighted by atomic mass is 32.2. The minimum Gasteiger partial charge on any atom is -0.444 e. The quantitative estimate of drug-likeness (QED) is 0.727. The Labute approximate surface area is 134 Å². The van der Waals surface area contributed by atoms with Gasteiger partial charge in [0, 0.05) is 11.3 Å². The molecule has 9 heteroatoms. The zero-order valence-corrected chi connectivity index (χ0v) is 12.6. The van der Waals surface area contributed by atoms with Gasteiger partial charge in [0.2, 0.25) is 0 Å². The number of anilines is 1. The summed E-state index contributed by atoms with van der Waals surface area (Å²) in [5.74, 6) is -4.71. The van der Waals surface area contributed by atoms with Crippen molar-refractivity contribution in [3.8, 4) is 11.3 Å². The summed E-state index contributed by atoms with van der Waals surface area (Å²) in [6.45, 7) is 0. The second-order valence-corrected chi connectivity index (χ2v) is 6.38. The van der Waals surface area contributed by atoms with Gasteiger partial charge in [0.05, 0.1) is 6.20 Å². The largest absolute Gasteiger partial charge is 0.444 e. The first kappa shape index (κ1) is 16.1. The number of sulfonamides is 1. The van der Waals surface area contributed by atoms with Gasteiger partial charge in [0.25, 0.3) is 10.0 Å². The Morgan fingerprint density at radius 3 is 2.54 bits per heavy atom. The molecule has 0 unspecified atom stereocenters. The van der Waals surface area contributed by atoms with Crippen LogP contribution >= 0.6 is 0 Å². The zero-order chi connectivity index (χ0) is 17.3. The number of nitrogens with one attached hydrogen (secondary N) is 1. The van der Waals surface area contributed by atoms with Gasteiger partial charge in [-0.25, -0.2) is 26.6 Å². The van der Waals surface area contributed by atoms with Crippen molar-refractivity contribution in [3.05, 3.63) is 66.4 Å². The van der Waals surface area contributed by atoms with Gasteiger partial charge < -0.3 is 4.42 Å². The highest BCUT2D eigenvalue weighted by Crippen LogP contribution is 2.25. The average Bonchev–Trinajstić information content (AvgIpc) is 3.06. The normalized spacial score (nSPS) is 11.5. The van der Waals surface area contributed by atoms with E-state index in [0.29, 0.717) is 23.5 Å². The number of nitrogens with zero attached hydrogens (tertiary/aromatic N) is 1. The number of hydrogen-bond acceptors (Lipinski definition) is 4. The first-order chi connectivity index (χ1) is 11.4. The number of halogens is 3. The molecule has 0 radical (unpaired) electrons. The summed E-state index contributed by atoms with van der Waals surface area (Å²) in [7, 11) is -4.45. The molecule has 0 spiro atoms. The van der Waals surface area contributed by atoms with Gasteiger partial charge in [0.1, 0.15) is 4.90 Å². The van der Waals surface area contributed by atoms with Crippen LogP contribution in [0.3, 0.4) is 0 Å². The molecule has 0 atom stereocenters. The summed E-state index contributed by atoms with van der Waals surface area (Å²) in [5, 5.41) is 0. The molecule has 1 aromatic heterocycles. The number of rotatable bonds is 4. The van der Waals surface area contributed by atoms with Crippen LogP contribution in [0, 0.1) is 17.5 Å². The van der Waals surface area contributed by atoms with Gasteiger partial charge in [-0.2, -0.15) is 0 Å². The smallest absolute Gasteiger partial charge is 0.264 e. The molecule has 0 aliphatic heterocycles. The lowest BCUT2D eigenvalue weighted by Crippen LogP contribution is -2.15. The minimum absolute atomic E-state index is 0.0908. The third-order valence-corrected chi connectivity index (χ3v) is 4.52. The molecule has 0 amide bonds. The van der Waals surface area contributed by atoms with Crippen molar-refractivity contribution in [2.24, 2.45) is 0 Å². The lowest BCUT2D eigenvalue weighted by atomic mass is 10.2. The van der Waals surface area contributed by atoms with Crippen LogP contribution in [0.1, 0.15) is 0 Å². The summed E-state index contributed by atoms with van der Waals surface area (Å²) < 4.78 is 71.5. The van der Waals surface area contributed by atoms with Gasteiger partial charge in [-0.15, -0.1) is 0 Å². The first-order valence-electron chi connectivity index (χ1n) is 6.54. The fourth-order valence-electron chi connectivity index (χ4n) is 2.02. The predicted molar refractivity (Wildman–Crippen MR) is 79.1 cm³/mol. The zero-order valence-electron chi connectivity index (χ0n) is 11.8. The molecule has 124 valence electrons. The van der Waals surface area contributed by atoms with E-state index >= 15 is 0 Å². The van der Waals surface area contributed by atoms with Crippen LogP contribution in [-0.2, 0) is 10.0 Å². The predicted octanol–water partition coefficient (Wildman–Crippen LogP) is 3.56. The van der Waals surface area contributed by atoms with Crippen LogP contribution < -0.4 is 4.72 Å². The standard InChI is InChI=1S/C15H9F3N2O3S/c16-11-4-5-13(15(18)14(11)17)24(21,22)20-10-3-1-2-9(6-10)12-7-19-8-23-12/h1-8,20H. The van der Waals surface area contributed by atoms with Gasteiger partial charge in [-0.05, 0) is 24.3 Å². The molecule has 1 N–H and O–H groups in total. The van der Waals surface area contributed by atoms with Crippen molar-refractivity contribution in [1.29, 1.82) is 0 Å². The molecule has 0 bridgehead atoms. The molecule has 3 aromatic rings. The van der Waals surface area contributed by atoms with Crippen molar-refractivity contribution in [2.45, 2.75) is 4.90 Å². The SMILES string of the molecule is O=S(=O)(Nc1cccc(-c2cnco2)c1)c1ccc(F)c(F)c1F. The summed E-state index contributed by atoms with van der Waals surface area (Å²) in [5.41, 5.74) is 0.617. The van der Waals surface area contributed by atoms with Crippen molar-refractivity contribution in [3.63, 3.8) is 0 Å². The molecule has 0 saturated carbocycles. The van der Waals surface area contributed by atoms with E-state index in [1.165, 1.54) is 30.8 Å². The van der Waals surface area contributed by atoms with E-state index in [1.54, 1.807) is 6.07 Å². The molecule has 0 fully saturated rings. The maximum absolute atomic E-state index is 13.7. The monoisotopic (exact) mass is 354 g/mol. The Balaban J connectivity index is 1.96. The van der Waals surface area contributed by atoms with Gasteiger partial charge in [-0.1, -0.05) is 12.1 Å². The summed E-state index contributed by atoms with van der Waals surface area (Å²) >= 11 is 0. The molecule has 0 aliphatic carbocycles. The molecular weight excluding hydrogens is 345 g/mol. The number of benzene rings is 2. The van der Waals surface area contributed by atoms with E-state index in [0.717, 1.165) is 0 Å². The second-order valence-electron chi connectivity index (χ2n) is 4.73. The molecule has 24 heavy (non-hydrogen) atoms. The second kappa shape index (κ2) is 6.00. The average molecular weight is 354 g/mol. The molecular formula is C15H9F3N2O3S. The lowest BCUT2D eigenvalue weighted by Gasteiger charge is -2.10. The van der Waals surface area contributed by atoms with Crippen LogP contribution in [-0.4, -0.2) is 13.4 Å². The maximum Gasteiger partial charge on any atom is 0.264 e. The van der Waals surface area contributed by atoms with Crippen molar-refractivity contribution in [1.82, 2.24) is 4.98 Å². The molecule has 0 aliphatic rings. The topological polar surface area (TPSA) is 72.2 Å². The van der Waals surface area contributed by atoms with E-state index in [4.69, 9.17) is 4.42 Å². The summed E-state index contributed by atoms with van der Waals surface area (Å²) in [6.07, 6.45) is 2.64. The Kier molecular flexibility index (Phi) is 4.02. The van der Waals surface area contributed by atoms with E-state index in [-0.39, 0.29) is 5.69 Å². The van der Waals surface area contributed by atoms with Crippen LogP contribution in [0.5, 0.6) is 0 Å². The number of hydrogen-bond donors (Lipinski definition) is 1. The Morgan fingerprint density at radius 2 is 1.83 bits per heavy atom. The van der Waals surface area contributed by atoms with Crippen molar-refractivity contribution < 1.29 is 26.0 Å². The molecule has 5 nitrogen and oxygen atoms in total. The number of oxazole rings is 1. The van der Waals surface area contributed by atoms with Crippen LogP contribution in [0.25, 0.3) is 11.3 Å². The Hall–Kier alpha value is -2.81. The van der Waals surface area contributed by atoms with Crippen molar-refractivity contribution >= 4 is 15.7 Å². The van der Waals surface area contributed by atoms with E-state index in [1.807, 2.05) is 0 Å². The Bertz CT molecular complexity index is 989. The van der Waals surface area contributed by atoms with Gasteiger partial charge in [0.15, 0.2) is 29.6 Å². The number of aromatic nitrogens is 1. The third-order valence-electron chi connectivity index (χ3n) is 3.12. The highest BCUT2D eigenvalue weighted by molar-refractivity contribution is 7.92. The van der Waals surface area contributed by atoms with Gasteiger partial charge >= 0.3 is 0 Å². The fraction of sp³-hybridized carbons (Fsp3) is 0. The summed E-state index contributed by atoms with van der Waals surface area (Å²) in [4.78, 5) is 2.75. The van der Waals surface area contributed by atoms with Crippen LogP contribution in [0.15, 0.2) is 58.3 Å². The fourth-order valence-corrected chi connectivity index (χ4v) is 3.14. The molecule has 1 heterocycles. The van der Waals surface area contributed by atoms with E-state index in [2.05, 4.69) is 9.71 Å². The highest BCUT2D eigenvalue weighted by Gasteiger charge is 2.24. The van der Waals surface area contributed by atoms with E-state index < -0.39 is 32.4 Å². The lowest BCUT2D eigenvalue weighted by molar-refractivity contribution is 0.432. The Morgan fingerprint density at radius 1 is 1.04 bits per heavy atom. The van der Waals surface area contributed by atoms with Gasteiger partial charge in [-0.3, -0.25) is 4.72 Å². The van der Waals surface area contributed by atoms with E-state index in [9.17, 15) is 21.6 Å². The maximum atomic E-state index is 13.7. The van der Waals surface area contributed by atoms with Crippen LogP contribution in [0.2, 0.25) is 0 Å². The van der Waals surface area contributed by atoms with Crippen LogP contribution in [0.4, 0.5) is 18.9 Å². The molecule has 3 rings (SSSR count). The minimum atomic E-state index is -4.45. The van der Waals surface area contributed by atoms with Crippen molar-refractivity contribution in [2.75, 3.05) is 4.72 Å².